The van der Waals surface area contributed by atoms with Crippen LogP contribution in [0.4, 0.5) is 11.4 Å². The minimum absolute atomic E-state index is 0.0461. The van der Waals surface area contributed by atoms with Crippen LogP contribution in [0.1, 0.15) is 12.8 Å². The Labute approximate surface area is 107 Å². The van der Waals surface area contributed by atoms with Crippen molar-refractivity contribution in [2.24, 2.45) is 0 Å². The van der Waals surface area contributed by atoms with E-state index in [1.807, 2.05) is 6.07 Å². The van der Waals surface area contributed by atoms with E-state index >= 15 is 0 Å². The summed E-state index contributed by atoms with van der Waals surface area (Å²) in [7, 11) is -1.33. The summed E-state index contributed by atoms with van der Waals surface area (Å²) in [5.74, 6) is 1.14. The summed E-state index contributed by atoms with van der Waals surface area (Å²) in [6.07, 6.45) is 1.57. The Hall–Kier alpha value is -1.43. The predicted molar refractivity (Wildman–Crippen MR) is 72.7 cm³/mol. The smallest absolute Gasteiger partial charge is 0.152 e. The van der Waals surface area contributed by atoms with Crippen molar-refractivity contribution in [1.82, 2.24) is 0 Å². The van der Waals surface area contributed by atoms with Crippen LogP contribution in [0.3, 0.4) is 0 Å². The van der Waals surface area contributed by atoms with Crippen molar-refractivity contribution >= 4 is 21.2 Å². The molecule has 1 heterocycles. The lowest BCUT2D eigenvalue weighted by Crippen LogP contribution is -2.34. The van der Waals surface area contributed by atoms with Gasteiger partial charge in [0.05, 0.1) is 18.6 Å². The van der Waals surface area contributed by atoms with Crippen molar-refractivity contribution < 1.29 is 13.2 Å². The van der Waals surface area contributed by atoms with E-state index in [1.165, 1.54) is 0 Å². The van der Waals surface area contributed by atoms with Crippen LogP contribution in [-0.2, 0) is 9.84 Å². The molecule has 0 spiro atoms. The third-order valence-corrected chi connectivity index (χ3v) is 4.82. The fourth-order valence-corrected chi connectivity index (χ4v) is 3.83. The van der Waals surface area contributed by atoms with Gasteiger partial charge < -0.3 is 15.8 Å². The molecule has 100 valence electrons. The maximum atomic E-state index is 11.6. The number of hydrogen-bond donors (Lipinski definition) is 2. The molecule has 0 bridgehead atoms. The van der Waals surface area contributed by atoms with E-state index in [-0.39, 0.29) is 11.8 Å². The predicted octanol–water partition coefficient (Wildman–Crippen LogP) is 1.27. The number of nitrogen functional groups attached to an aromatic ring is 1. The zero-order valence-electron chi connectivity index (χ0n) is 10.3. The summed E-state index contributed by atoms with van der Waals surface area (Å²) in [6.45, 7) is 0. The van der Waals surface area contributed by atoms with Crippen molar-refractivity contribution in [2.45, 2.75) is 18.9 Å². The molecule has 1 aromatic rings. The molecule has 1 aromatic carbocycles. The van der Waals surface area contributed by atoms with Gasteiger partial charge in [-0.3, -0.25) is 0 Å². The van der Waals surface area contributed by atoms with Gasteiger partial charge in [0.2, 0.25) is 0 Å². The van der Waals surface area contributed by atoms with Crippen LogP contribution in [0.15, 0.2) is 18.2 Å². The van der Waals surface area contributed by atoms with Crippen LogP contribution in [0.25, 0.3) is 0 Å². The maximum absolute atomic E-state index is 11.6. The van der Waals surface area contributed by atoms with Gasteiger partial charge in [-0.25, -0.2) is 8.42 Å². The number of nitrogens with two attached hydrogens (primary N) is 1. The molecule has 1 atom stereocenters. The van der Waals surface area contributed by atoms with Gasteiger partial charge in [0, 0.05) is 29.5 Å². The molecule has 1 unspecified atom stereocenters. The molecule has 0 aliphatic carbocycles. The third kappa shape index (κ3) is 3.29. The molecule has 0 saturated carbocycles. The molecule has 0 aromatic heterocycles. The molecule has 1 fully saturated rings. The highest BCUT2D eigenvalue weighted by molar-refractivity contribution is 7.91. The second kappa shape index (κ2) is 5.06. The highest BCUT2D eigenvalue weighted by Gasteiger charge is 2.24. The normalized spacial score (nSPS) is 22.4. The number of anilines is 2. The summed E-state index contributed by atoms with van der Waals surface area (Å²) in [5, 5.41) is 3.21. The average molecular weight is 270 g/mol. The van der Waals surface area contributed by atoms with Crippen molar-refractivity contribution in [1.29, 1.82) is 0 Å². The van der Waals surface area contributed by atoms with Crippen LogP contribution >= 0.6 is 0 Å². The van der Waals surface area contributed by atoms with Gasteiger partial charge >= 0.3 is 0 Å². The SMILES string of the molecule is COc1cc(N)cc(NC2CCCS(=O)(=O)C2)c1. The first-order chi connectivity index (χ1) is 8.48. The van der Waals surface area contributed by atoms with Gasteiger partial charge in [-0.2, -0.15) is 0 Å². The Kier molecular flexibility index (Phi) is 3.65. The Balaban J connectivity index is 2.11. The van der Waals surface area contributed by atoms with Crippen molar-refractivity contribution in [3.05, 3.63) is 18.2 Å². The Morgan fingerprint density at radius 2 is 2.17 bits per heavy atom. The fourth-order valence-electron chi connectivity index (χ4n) is 2.20. The molecule has 18 heavy (non-hydrogen) atoms. The third-order valence-electron chi connectivity index (χ3n) is 3.00. The Morgan fingerprint density at radius 3 is 2.83 bits per heavy atom. The van der Waals surface area contributed by atoms with Crippen LogP contribution in [-0.4, -0.2) is 33.1 Å². The average Bonchev–Trinajstić information content (AvgIpc) is 2.26. The van der Waals surface area contributed by atoms with Crippen LogP contribution in [0, 0.1) is 0 Å². The first-order valence-electron chi connectivity index (χ1n) is 5.90. The summed E-state index contributed by atoms with van der Waals surface area (Å²) >= 11 is 0. The van der Waals surface area contributed by atoms with E-state index in [1.54, 1.807) is 19.2 Å². The minimum Gasteiger partial charge on any atom is -0.497 e. The van der Waals surface area contributed by atoms with Crippen LogP contribution in [0.2, 0.25) is 0 Å². The van der Waals surface area contributed by atoms with E-state index in [4.69, 9.17) is 10.5 Å². The number of ether oxygens (including phenoxy) is 1. The Morgan fingerprint density at radius 1 is 1.39 bits per heavy atom. The molecular weight excluding hydrogens is 252 g/mol. The highest BCUT2D eigenvalue weighted by atomic mass is 32.2. The largest absolute Gasteiger partial charge is 0.497 e. The lowest BCUT2D eigenvalue weighted by atomic mass is 10.1. The van der Waals surface area contributed by atoms with Crippen LogP contribution in [0.5, 0.6) is 5.75 Å². The van der Waals surface area contributed by atoms with E-state index in [2.05, 4.69) is 5.32 Å². The molecule has 5 nitrogen and oxygen atoms in total. The fraction of sp³-hybridized carbons (Fsp3) is 0.500. The summed E-state index contributed by atoms with van der Waals surface area (Å²) in [6, 6.07) is 5.28. The molecule has 1 aliphatic rings. The second-order valence-corrected chi connectivity index (χ2v) is 6.82. The first-order valence-corrected chi connectivity index (χ1v) is 7.72. The molecule has 0 amide bonds. The molecule has 3 N–H and O–H groups in total. The van der Waals surface area contributed by atoms with E-state index in [0.29, 0.717) is 23.6 Å². The summed E-state index contributed by atoms with van der Waals surface area (Å²) in [4.78, 5) is 0. The number of rotatable bonds is 3. The molecule has 0 radical (unpaired) electrons. The standard InChI is InChI=1S/C12H18N2O3S/c1-17-12-6-9(13)5-11(7-12)14-10-3-2-4-18(15,16)8-10/h5-7,10,14H,2-4,8,13H2,1H3. The molecule has 6 heteroatoms. The highest BCUT2D eigenvalue weighted by Crippen LogP contribution is 2.24. The van der Waals surface area contributed by atoms with Crippen molar-refractivity contribution in [3.8, 4) is 5.75 Å². The number of nitrogens with one attached hydrogen (secondary N) is 1. The minimum atomic E-state index is -2.90. The van der Waals surface area contributed by atoms with Gasteiger partial charge in [0.1, 0.15) is 5.75 Å². The quantitative estimate of drug-likeness (QED) is 0.808. The van der Waals surface area contributed by atoms with Gasteiger partial charge in [-0.15, -0.1) is 0 Å². The molecule has 1 saturated heterocycles. The van der Waals surface area contributed by atoms with E-state index in [0.717, 1.165) is 12.1 Å². The van der Waals surface area contributed by atoms with E-state index in [9.17, 15) is 8.42 Å². The van der Waals surface area contributed by atoms with Crippen molar-refractivity contribution in [3.63, 3.8) is 0 Å². The lowest BCUT2D eigenvalue weighted by molar-refractivity contribution is 0.415. The Bertz CT molecular complexity index is 528. The second-order valence-electron chi connectivity index (χ2n) is 4.59. The number of hydrogen-bond acceptors (Lipinski definition) is 5. The molecule has 2 rings (SSSR count). The van der Waals surface area contributed by atoms with Gasteiger partial charge in [0.25, 0.3) is 0 Å². The monoisotopic (exact) mass is 270 g/mol. The summed E-state index contributed by atoms with van der Waals surface area (Å²) in [5.41, 5.74) is 7.15. The lowest BCUT2D eigenvalue weighted by Gasteiger charge is -2.24. The maximum Gasteiger partial charge on any atom is 0.152 e. The van der Waals surface area contributed by atoms with E-state index < -0.39 is 9.84 Å². The van der Waals surface area contributed by atoms with Crippen LogP contribution < -0.4 is 15.8 Å². The van der Waals surface area contributed by atoms with Gasteiger partial charge in [0.15, 0.2) is 9.84 Å². The molecular formula is C12H18N2O3S. The number of methoxy groups -OCH3 is 1. The topological polar surface area (TPSA) is 81.4 Å². The summed E-state index contributed by atoms with van der Waals surface area (Å²) < 4.78 is 28.2. The number of sulfone groups is 1. The van der Waals surface area contributed by atoms with Gasteiger partial charge in [-0.1, -0.05) is 0 Å². The zero-order chi connectivity index (χ0) is 13.2. The first kappa shape index (κ1) is 13.0. The van der Waals surface area contributed by atoms with Gasteiger partial charge in [-0.05, 0) is 18.9 Å². The van der Waals surface area contributed by atoms with Crippen molar-refractivity contribution in [2.75, 3.05) is 29.7 Å². The number of benzene rings is 1. The zero-order valence-corrected chi connectivity index (χ0v) is 11.2. The molecule has 1 aliphatic heterocycles.